The summed E-state index contributed by atoms with van der Waals surface area (Å²) in [6.07, 6.45) is 16.9. The average molecular weight is 343 g/mol. The van der Waals surface area contributed by atoms with E-state index in [1.54, 1.807) is 0 Å². The summed E-state index contributed by atoms with van der Waals surface area (Å²) in [4.78, 5) is 23.2. The maximum Gasteiger partial charge on any atom is 0.323 e. The zero-order chi connectivity index (χ0) is 18.0. The number of urea groups is 1. The summed E-state index contributed by atoms with van der Waals surface area (Å²) in [6, 6.07) is -0.309. The molecule has 0 bridgehead atoms. The van der Waals surface area contributed by atoms with Crippen molar-refractivity contribution in [3.05, 3.63) is 0 Å². The molecule has 2 amide bonds. The second-order valence-electron chi connectivity index (χ2n) is 6.72. The molecule has 5 heteroatoms. The molecule has 2 N–H and O–H groups in total. The van der Waals surface area contributed by atoms with Gasteiger partial charge < -0.3 is 15.3 Å². The summed E-state index contributed by atoms with van der Waals surface area (Å²) in [5.74, 6) is -0.992. The van der Waals surface area contributed by atoms with Crippen molar-refractivity contribution in [1.82, 2.24) is 10.2 Å². The number of rotatable bonds is 16. The lowest BCUT2D eigenvalue weighted by atomic mass is 10.0. The molecule has 0 unspecified atom stereocenters. The van der Waals surface area contributed by atoms with Crippen molar-refractivity contribution in [2.75, 3.05) is 20.1 Å². The lowest BCUT2D eigenvalue weighted by Crippen LogP contribution is -2.40. The first-order chi connectivity index (χ1) is 11.6. The Morgan fingerprint density at radius 2 is 1.21 bits per heavy atom. The fourth-order valence-corrected chi connectivity index (χ4v) is 2.75. The van der Waals surface area contributed by atoms with Crippen LogP contribution >= 0.6 is 0 Å². The Bertz CT molecular complexity index is 322. The van der Waals surface area contributed by atoms with Crippen LogP contribution in [-0.2, 0) is 4.79 Å². The summed E-state index contributed by atoms with van der Waals surface area (Å²) in [6.45, 7) is 2.62. The highest BCUT2D eigenvalue weighted by Gasteiger charge is 2.10. The molecule has 0 aliphatic rings. The Morgan fingerprint density at radius 1 is 0.792 bits per heavy atom. The number of carboxylic acids is 1. The van der Waals surface area contributed by atoms with Gasteiger partial charge in [0, 0.05) is 13.6 Å². The molecule has 0 aromatic heterocycles. The van der Waals surface area contributed by atoms with Crippen LogP contribution in [0.3, 0.4) is 0 Å². The van der Waals surface area contributed by atoms with E-state index in [-0.39, 0.29) is 12.6 Å². The van der Waals surface area contributed by atoms with Crippen molar-refractivity contribution in [1.29, 1.82) is 0 Å². The molecule has 0 saturated heterocycles. The topological polar surface area (TPSA) is 69.6 Å². The number of amides is 2. The van der Waals surface area contributed by atoms with E-state index in [1.165, 1.54) is 82.6 Å². The van der Waals surface area contributed by atoms with Gasteiger partial charge in [-0.2, -0.15) is 0 Å². The van der Waals surface area contributed by atoms with Crippen LogP contribution < -0.4 is 5.32 Å². The highest BCUT2D eigenvalue weighted by atomic mass is 16.4. The van der Waals surface area contributed by atoms with Crippen molar-refractivity contribution >= 4 is 12.0 Å². The molecule has 0 atom stereocenters. The van der Waals surface area contributed by atoms with Gasteiger partial charge in [-0.25, -0.2) is 4.79 Å². The zero-order valence-electron chi connectivity index (χ0n) is 15.8. The quantitative estimate of drug-likeness (QED) is 0.396. The van der Waals surface area contributed by atoms with E-state index < -0.39 is 5.97 Å². The lowest BCUT2D eigenvalue weighted by molar-refractivity contribution is -0.137. The first kappa shape index (κ1) is 22.7. The van der Waals surface area contributed by atoms with Crippen LogP contribution in [0.5, 0.6) is 0 Å². The minimum absolute atomic E-state index is 0.259. The predicted molar refractivity (Wildman–Crippen MR) is 99.4 cm³/mol. The monoisotopic (exact) mass is 342 g/mol. The molecule has 0 radical (unpaired) electrons. The van der Waals surface area contributed by atoms with E-state index in [0.717, 1.165) is 12.8 Å². The van der Waals surface area contributed by atoms with Crippen LogP contribution in [0.15, 0.2) is 0 Å². The Labute approximate surface area is 148 Å². The van der Waals surface area contributed by atoms with Gasteiger partial charge in [0.05, 0.1) is 0 Å². The third-order valence-corrected chi connectivity index (χ3v) is 4.28. The number of carbonyl (C=O) groups is 2. The largest absolute Gasteiger partial charge is 0.480 e. The average Bonchev–Trinajstić information content (AvgIpc) is 2.54. The van der Waals surface area contributed by atoms with Crippen molar-refractivity contribution in [2.45, 2.75) is 90.4 Å². The predicted octanol–water partition coefficient (Wildman–Crippen LogP) is 4.80. The van der Waals surface area contributed by atoms with Crippen molar-refractivity contribution in [2.24, 2.45) is 0 Å². The van der Waals surface area contributed by atoms with Crippen LogP contribution in [0.1, 0.15) is 90.4 Å². The van der Waals surface area contributed by atoms with Crippen molar-refractivity contribution < 1.29 is 14.7 Å². The molecule has 0 rings (SSSR count). The third kappa shape index (κ3) is 15.6. The number of nitrogens with zero attached hydrogens (tertiary/aromatic N) is 1. The van der Waals surface area contributed by atoms with E-state index in [9.17, 15) is 9.59 Å². The molecule has 24 heavy (non-hydrogen) atoms. The fourth-order valence-electron chi connectivity index (χ4n) is 2.75. The molecule has 5 nitrogen and oxygen atoms in total. The van der Waals surface area contributed by atoms with Gasteiger partial charge in [-0.1, -0.05) is 84.0 Å². The molecule has 0 aliphatic carbocycles. The summed E-state index contributed by atoms with van der Waals surface area (Å²) in [5.41, 5.74) is 0. The number of hydrogen-bond donors (Lipinski definition) is 2. The van der Waals surface area contributed by atoms with Gasteiger partial charge in [-0.15, -0.1) is 0 Å². The van der Waals surface area contributed by atoms with Gasteiger partial charge >= 0.3 is 12.0 Å². The van der Waals surface area contributed by atoms with E-state index in [0.29, 0.717) is 6.54 Å². The van der Waals surface area contributed by atoms with Crippen LogP contribution in [0, 0.1) is 0 Å². The Hall–Kier alpha value is -1.26. The van der Waals surface area contributed by atoms with Gasteiger partial charge in [-0.05, 0) is 6.42 Å². The first-order valence-corrected chi connectivity index (χ1v) is 9.78. The molecule has 142 valence electrons. The third-order valence-electron chi connectivity index (χ3n) is 4.28. The maximum absolute atomic E-state index is 11.5. The molecule has 0 heterocycles. The van der Waals surface area contributed by atoms with Gasteiger partial charge in [-0.3, -0.25) is 4.79 Å². The minimum Gasteiger partial charge on any atom is -0.480 e. The minimum atomic E-state index is -0.992. The smallest absolute Gasteiger partial charge is 0.323 e. The number of carbonyl (C=O) groups excluding carboxylic acids is 1. The Kier molecular flexibility index (Phi) is 15.7. The normalized spacial score (nSPS) is 10.6. The van der Waals surface area contributed by atoms with Gasteiger partial charge in [0.15, 0.2) is 0 Å². The number of likely N-dealkylation sites (N-methyl/N-ethyl adjacent to an activating group) is 1. The van der Waals surface area contributed by atoms with Gasteiger partial charge in [0.2, 0.25) is 0 Å². The van der Waals surface area contributed by atoms with Crippen molar-refractivity contribution in [3.63, 3.8) is 0 Å². The first-order valence-electron chi connectivity index (χ1n) is 9.78. The number of hydrogen-bond acceptors (Lipinski definition) is 2. The lowest BCUT2D eigenvalue weighted by Gasteiger charge is -2.15. The van der Waals surface area contributed by atoms with E-state index in [4.69, 9.17) is 5.11 Å². The molecule has 0 saturated carbocycles. The highest BCUT2D eigenvalue weighted by Crippen LogP contribution is 2.12. The maximum atomic E-state index is 11.5. The summed E-state index contributed by atoms with van der Waals surface area (Å²) < 4.78 is 0. The van der Waals surface area contributed by atoms with Crippen LogP contribution in [0.4, 0.5) is 4.79 Å². The second kappa shape index (κ2) is 16.6. The van der Waals surface area contributed by atoms with Crippen molar-refractivity contribution in [3.8, 4) is 0 Å². The molecular formula is C19H38N2O3. The Morgan fingerprint density at radius 3 is 1.62 bits per heavy atom. The summed E-state index contributed by atoms with van der Waals surface area (Å²) in [7, 11) is 1.49. The number of aliphatic carboxylic acids is 1. The molecule has 0 aromatic rings. The van der Waals surface area contributed by atoms with E-state index in [2.05, 4.69) is 12.2 Å². The molecule has 0 aromatic carbocycles. The fraction of sp³-hybridized carbons (Fsp3) is 0.895. The van der Waals surface area contributed by atoms with Crippen LogP contribution in [0.25, 0.3) is 0 Å². The number of carboxylic acid groups (broad SMARTS) is 1. The van der Waals surface area contributed by atoms with E-state index >= 15 is 0 Å². The SMILES string of the molecule is CCCCCCCCCCCCCCCNC(=O)N(C)CC(=O)O. The summed E-state index contributed by atoms with van der Waals surface area (Å²) >= 11 is 0. The highest BCUT2D eigenvalue weighted by molar-refractivity contribution is 5.79. The van der Waals surface area contributed by atoms with Crippen LogP contribution in [-0.4, -0.2) is 42.1 Å². The second-order valence-corrected chi connectivity index (χ2v) is 6.72. The van der Waals surface area contributed by atoms with Gasteiger partial charge in [0.25, 0.3) is 0 Å². The molecular weight excluding hydrogens is 304 g/mol. The molecule has 0 aliphatic heterocycles. The number of unbranched alkanes of at least 4 members (excludes halogenated alkanes) is 12. The summed E-state index contributed by atoms with van der Waals surface area (Å²) in [5, 5.41) is 11.4. The van der Waals surface area contributed by atoms with Gasteiger partial charge in [0.1, 0.15) is 6.54 Å². The van der Waals surface area contributed by atoms with Crippen LogP contribution in [0.2, 0.25) is 0 Å². The standard InChI is InChI=1S/C19H38N2O3/c1-3-4-5-6-7-8-9-10-11-12-13-14-15-16-20-19(24)21(2)17-18(22)23/h3-17H2,1-2H3,(H,20,24)(H,22,23). The van der Waals surface area contributed by atoms with E-state index in [1.807, 2.05) is 0 Å². The Balaban J connectivity index is 3.22. The molecule has 0 spiro atoms. The zero-order valence-corrected chi connectivity index (χ0v) is 15.8. The molecule has 0 fully saturated rings. The number of nitrogens with one attached hydrogen (secondary N) is 1.